The van der Waals surface area contributed by atoms with E-state index in [0.717, 1.165) is 43.0 Å². The van der Waals surface area contributed by atoms with Crippen LogP contribution in [0.5, 0.6) is 0 Å². The summed E-state index contributed by atoms with van der Waals surface area (Å²) in [6.45, 7) is 3.64. The predicted octanol–water partition coefficient (Wildman–Crippen LogP) is 3.93. The minimum Gasteiger partial charge on any atom is -0.368 e. The lowest BCUT2D eigenvalue weighted by atomic mass is 10.0. The Morgan fingerprint density at radius 2 is 1.55 bits per heavy atom. The number of halogens is 2. The summed E-state index contributed by atoms with van der Waals surface area (Å²) in [5, 5.41) is 9.03. The quantitative estimate of drug-likeness (QED) is 0.295. The van der Waals surface area contributed by atoms with Crippen molar-refractivity contribution < 1.29 is 14.8 Å². The van der Waals surface area contributed by atoms with Crippen LogP contribution in [0.4, 0.5) is 5.69 Å². The number of hydrogen-bond acceptors (Lipinski definition) is 5. The van der Waals surface area contributed by atoms with Crippen LogP contribution in [-0.4, -0.2) is 55.0 Å². The Hall–Kier alpha value is -2.64. The SMILES string of the molecule is CN1CCN(c2ccc(Cl)cc2C(=O)/C=C/c2ccc(/C=C/C(=O)NO)cc2)CC1.Cl. The summed E-state index contributed by atoms with van der Waals surface area (Å²) in [5.74, 6) is -0.697. The summed E-state index contributed by atoms with van der Waals surface area (Å²) in [4.78, 5) is 28.4. The van der Waals surface area contributed by atoms with Crippen molar-refractivity contribution in [1.82, 2.24) is 10.4 Å². The first-order valence-electron chi connectivity index (χ1n) is 9.64. The van der Waals surface area contributed by atoms with Gasteiger partial charge >= 0.3 is 0 Å². The second-order valence-electron chi connectivity index (χ2n) is 7.13. The molecule has 1 amide bonds. The van der Waals surface area contributed by atoms with E-state index in [0.29, 0.717) is 10.6 Å². The molecular weight excluding hydrogens is 437 g/mol. The molecule has 31 heavy (non-hydrogen) atoms. The van der Waals surface area contributed by atoms with Crippen LogP contribution >= 0.6 is 24.0 Å². The molecule has 1 aliphatic heterocycles. The van der Waals surface area contributed by atoms with E-state index in [-0.39, 0.29) is 18.2 Å². The van der Waals surface area contributed by atoms with E-state index in [2.05, 4.69) is 16.8 Å². The van der Waals surface area contributed by atoms with Gasteiger partial charge in [0.1, 0.15) is 0 Å². The molecule has 1 aliphatic rings. The summed E-state index contributed by atoms with van der Waals surface area (Å²) in [7, 11) is 2.09. The van der Waals surface area contributed by atoms with Crippen molar-refractivity contribution >= 4 is 53.5 Å². The summed E-state index contributed by atoms with van der Waals surface area (Å²) >= 11 is 6.17. The smallest absolute Gasteiger partial charge is 0.267 e. The van der Waals surface area contributed by atoms with E-state index in [1.54, 1.807) is 24.3 Å². The van der Waals surface area contributed by atoms with Crippen molar-refractivity contribution in [2.75, 3.05) is 38.1 Å². The van der Waals surface area contributed by atoms with Gasteiger partial charge in [0, 0.05) is 48.5 Å². The second kappa shape index (κ2) is 11.7. The third kappa shape index (κ3) is 6.94. The molecule has 6 nitrogen and oxygen atoms in total. The number of nitrogens with one attached hydrogen (secondary N) is 1. The fraction of sp³-hybridized carbons (Fsp3) is 0.217. The Balaban J connectivity index is 0.00000341. The molecule has 2 aromatic carbocycles. The van der Waals surface area contributed by atoms with Crippen molar-refractivity contribution in [1.29, 1.82) is 0 Å². The molecule has 164 valence electrons. The Kier molecular flexibility index (Phi) is 9.27. The molecule has 0 aromatic heterocycles. The Bertz CT molecular complexity index is 967. The first kappa shape index (κ1) is 24.6. The highest BCUT2D eigenvalue weighted by molar-refractivity contribution is 6.31. The van der Waals surface area contributed by atoms with Gasteiger partial charge in [0.2, 0.25) is 0 Å². The number of allylic oxidation sites excluding steroid dienone is 1. The average Bonchev–Trinajstić information content (AvgIpc) is 2.77. The molecule has 2 N–H and O–H groups in total. The van der Waals surface area contributed by atoms with E-state index in [1.807, 2.05) is 36.4 Å². The van der Waals surface area contributed by atoms with Gasteiger partial charge in [-0.3, -0.25) is 14.8 Å². The predicted molar refractivity (Wildman–Crippen MR) is 127 cm³/mol. The van der Waals surface area contributed by atoms with Crippen LogP contribution in [0.25, 0.3) is 12.2 Å². The van der Waals surface area contributed by atoms with Crippen molar-refractivity contribution in [2.24, 2.45) is 0 Å². The van der Waals surface area contributed by atoms with Crippen molar-refractivity contribution in [2.45, 2.75) is 0 Å². The van der Waals surface area contributed by atoms with Gasteiger partial charge in [0.25, 0.3) is 5.91 Å². The maximum absolute atomic E-state index is 12.9. The molecule has 8 heteroatoms. The highest BCUT2D eigenvalue weighted by Gasteiger charge is 2.19. The van der Waals surface area contributed by atoms with Crippen LogP contribution in [0, 0.1) is 0 Å². The fourth-order valence-electron chi connectivity index (χ4n) is 3.22. The standard InChI is InChI=1S/C23H24ClN3O3.ClH/c1-26-12-14-27(15-13-26)21-9-8-19(24)16-20(21)22(28)10-6-17-2-4-18(5-3-17)7-11-23(29)25-30;/h2-11,16,30H,12-15H2,1H3,(H,25,29);1H/b10-6+,11-7+;. The zero-order valence-corrected chi connectivity index (χ0v) is 18.7. The largest absolute Gasteiger partial charge is 0.368 e. The number of carbonyl (C=O) groups excluding carboxylic acids is 2. The minimum absolute atomic E-state index is 0. The summed E-state index contributed by atoms with van der Waals surface area (Å²) < 4.78 is 0. The maximum atomic E-state index is 12.9. The van der Waals surface area contributed by atoms with Gasteiger partial charge in [-0.25, -0.2) is 5.48 Å². The van der Waals surface area contributed by atoms with Gasteiger partial charge in [-0.05, 0) is 48.5 Å². The molecule has 0 bridgehead atoms. The van der Waals surface area contributed by atoms with Crippen LogP contribution in [0.3, 0.4) is 0 Å². The van der Waals surface area contributed by atoms with Gasteiger partial charge in [0.15, 0.2) is 5.78 Å². The number of nitrogens with zero attached hydrogens (tertiary/aromatic N) is 2. The fourth-order valence-corrected chi connectivity index (χ4v) is 3.39. The molecule has 1 saturated heterocycles. The molecule has 0 saturated carbocycles. The highest BCUT2D eigenvalue weighted by Crippen LogP contribution is 2.26. The molecule has 2 aromatic rings. The number of piperazine rings is 1. The monoisotopic (exact) mass is 461 g/mol. The normalized spacial score (nSPS) is 14.6. The van der Waals surface area contributed by atoms with Crippen molar-refractivity contribution in [3.05, 3.63) is 76.3 Å². The van der Waals surface area contributed by atoms with E-state index in [1.165, 1.54) is 11.6 Å². The molecule has 0 aliphatic carbocycles. The number of hydrogen-bond donors (Lipinski definition) is 2. The number of hydroxylamine groups is 1. The lowest BCUT2D eigenvalue weighted by molar-refractivity contribution is -0.124. The number of anilines is 1. The van der Waals surface area contributed by atoms with Gasteiger partial charge < -0.3 is 9.80 Å². The molecule has 1 heterocycles. The second-order valence-corrected chi connectivity index (χ2v) is 7.56. The third-order valence-electron chi connectivity index (χ3n) is 4.97. The molecule has 0 unspecified atom stereocenters. The Morgan fingerprint density at radius 1 is 0.968 bits per heavy atom. The molecule has 0 spiro atoms. The first-order valence-corrected chi connectivity index (χ1v) is 10.0. The Labute approximate surface area is 193 Å². The van der Waals surface area contributed by atoms with Crippen LogP contribution in [-0.2, 0) is 4.79 Å². The van der Waals surface area contributed by atoms with Crippen LogP contribution in [0.2, 0.25) is 5.02 Å². The van der Waals surface area contributed by atoms with Crippen LogP contribution in [0.1, 0.15) is 21.5 Å². The van der Waals surface area contributed by atoms with Gasteiger partial charge in [-0.2, -0.15) is 0 Å². The number of carbonyl (C=O) groups is 2. The van der Waals surface area contributed by atoms with Crippen molar-refractivity contribution in [3.8, 4) is 0 Å². The van der Waals surface area contributed by atoms with Crippen molar-refractivity contribution in [3.63, 3.8) is 0 Å². The minimum atomic E-state index is -0.595. The number of amides is 1. The van der Waals surface area contributed by atoms with E-state index >= 15 is 0 Å². The summed E-state index contributed by atoms with van der Waals surface area (Å²) in [6.07, 6.45) is 6.12. The summed E-state index contributed by atoms with van der Waals surface area (Å²) in [6, 6.07) is 12.8. The van der Waals surface area contributed by atoms with Crippen LogP contribution < -0.4 is 10.4 Å². The zero-order chi connectivity index (χ0) is 21.5. The number of ketones is 1. The lowest BCUT2D eigenvalue weighted by Crippen LogP contribution is -2.44. The van der Waals surface area contributed by atoms with Gasteiger partial charge in [-0.15, -0.1) is 12.4 Å². The maximum Gasteiger partial charge on any atom is 0.267 e. The van der Waals surface area contributed by atoms with Gasteiger partial charge in [0.05, 0.1) is 0 Å². The first-order chi connectivity index (χ1) is 14.5. The Morgan fingerprint density at radius 3 is 2.13 bits per heavy atom. The number of benzene rings is 2. The average molecular weight is 462 g/mol. The number of likely N-dealkylation sites (N-methyl/N-ethyl adjacent to an activating group) is 1. The van der Waals surface area contributed by atoms with Gasteiger partial charge in [-0.1, -0.05) is 41.9 Å². The third-order valence-corrected chi connectivity index (χ3v) is 5.20. The zero-order valence-electron chi connectivity index (χ0n) is 17.1. The molecule has 0 atom stereocenters. The molecule has 0 radical (unpaired) electrons. The molecular formula is C23H25Cl2N3O3. The topological polar surface area (TPSA) is 72.9 Å². The molecule has 3 rings (SSSR count). The van der Waals surface area contributed by atoms with E-state index in [9.17, 15) is 9.59 Å². The lowest BCUT2D eigenvalue weighted by Gasteiger charge is -2.35. The number of rotatable bonds is 6. The van der Waals surface area contributed by atoms with E-state index in [4.69, 9.17) is 16.8 Å². The summed E-state index contributed by atoms with van der Waals surface area (Å²) in [5.41, 5.74) is 4.70. The molecule has 1 fully saturated rings. The highest BCUT2D eigenvalue weighted by atomic mass is 35.5. The van der Waals surface area contributed by atoms with E-state index < -0.39 is 5.91 Å². The van der Waals surface area contributed by atoms with Crippen LogP contribution in [0.15, 0.2) is 54.6 Å².